The van der Waals surface area contributed by atoms with Crippen LogP contribution in [-0.2, 0) is 0 Å². The Hall–Kier alpha value is -1.65. The maximum absolute atomic E-state index is 10.8. The van der Waals surface area contributed by atoms with Crippen molar-refractivity contribution in [2.75, 3.05) is 18.0 Å². The monoisotopic (exact) mass is 247 g/mol. The molecule has 0 atom stereocenters. The third-order valence-corrected chi connectivity index (χ3v) is 3.52. The normalized spacial score (nSPS) is 18.7. The lowest BCUT2D eigenvalue weighted by Gasteiger charge is -2.22. The summed E-state index contributed by atoms with van der Waals surface area (Å²) in [5.74, 6) is 1.27. The molecule has 2 aliphatic rings. The smallest absolute Gasteiger partial charge is 0.338 e. The number of aromatic carboxylic acids is 1. The summed E-state index contributed by atoms with van der Waals surface area (Å²) in [7, 11) is 0. The van der Waals surface area contributed by atoms with E-state index in [0.717, 1.165) is 24.9 Å². The van der Waals surface area contributed by atoms with E-state index in [1.807, 2.05) is 0 Å². The molecule has 3 rings (SSSR count). The number of carbonyl (C=O) groups is 1. The van der Waals surface area contributed by atoms with E-state index in [2.05, 4.69) is 14.9 Å². The van der Waals surface area contributed by atoms with Crippen LogP contribution >= 0.6 is 0 Å². The lowest BCUT2D eigenvalue weighted by atomic mass is 10.3. The molecule has 1 aromatic rings. The molecule has 5 heteroatoms. The van der Waals surface area contributed by atoms with Gasteiger partial charge in [-0.05, 0) is 37.5 Å². The van der Waals surface area contributed by atoms with Gasteiger partial charge in [0.05, 0.1) is 5.56 Å². The van der Waals surface area contributed by atoms with E-state index in [4.69, 9.17) is 5.11 Å². The van der Waals surface area contributed by atoms with Crippen molar-refractivity contribution in [3.05, 3.63) is 18.0 Å². The van der Waals surface area contributed by atoms with E-state index in [1.54, 1.807) is 0 Å². The fraction of sp³-hybridized carbons (Fsp3) is 0.615. The van der Waals surface area contributed by atoms with E-state index in [9.17, 15) is 4.79 Å². The van der Waals surface area contributed by atoms with Gasteiger partial charge in [-0.2, -0.15) is 0 Å². The molecule has 1 aromatic heterocycles. The van der Waals surface area contributed by atoms with E-state index in [1.165, 1.54) is 38.1 Å². The van der Waals surface area contributed by atoms with Gasteiger partial charge in [-0.25, -0.2) is 14.8 Å². The van der Waals surface area contributed by atoms with Crippen molar-refractivity contribution in [1.29, 1.82) is 0 Å². The van der Waals surface area contributed by atoms with Gasteiger partial charge < -0.3 is 10.0 Å². The number of carboxylic acid groups (broad SMARTS) is 1. The van der Waals surface area contributed by atoms with E-state index >= 15 is 0 Å². The predicted octanol–water partition coefficient (Wildman–Crippen LogP) is 1.80. The summed E-state index contributed by atoms with van der Waals surface area (Å²) in [5.41, 5.74) is 0.150. The average Bonchev–Trinajstić information content (AvgIpc) is 3.23. The van der Waals surface area contributed by atoms with Gasteiger partial charge >= 0.3 is 5.97 Å². The first kappa shape index (κ1) is 11.4. The Labute approximate surface area is 106 Å². The van der Waals surface area contributed by atoms with Crippen molar-refractivity contribution >= 4 is 11.9 Å². The molecule has 2 fully saturated rings. The molecule has 96 valence electrons. The highest BCUT2D eigenvalue weighted by Crippen LogP contribution is 2.34. The molecular weight excluding hydrogens is 230 g/mol. The number of nitrogens with zero attached hydrogens (tertiary/aromatic N) is 3. The van der Waals surface area contributed by atoms with Crippen molar-refractivity contribution in [1.82, 2.24) is 9.97 Å². The van der Waals surface area contributed by atoms with E-state index < -0.39 is 5.97 Å². The van der Waals surface area contributed by atoms with Gasteiger partial charge in [0.25, 0.3) is 0 Å². The Kier molecular flexibility index (Phi) is 2.89. The zero-order valence-electron chi connectivity index (χ0n) is 10.2. The van der Waals surface area contributed by atoms with Gasteiger partial charge in [0.15, 0.2) is 0 Å². The molecule has 0 bridgehead atoms. The third kappa shape index (κ3) is 2.78. The molecule has 2 saturated carbocycles. The second kappa shape index (κ2) is 4.55. The maximum Gasteiger partial charge on any atom is 0.338 e. The molecule has 0 amide bonds. The second-order valence-corrected chi connectivity index (χ2v) is 5.37. The number of rotatable bonds is 6. The van der Waals surface area contributed by atoms with Crippen LogP contribution in [-0.4, -0.2) is 34.1 Å². The molecule has 0 aliphatic heterocycles. The fourth-order valence-corrected chi connectivity index (χ4v) is 2.06. The van der Waals surface area contributed by atoms with Crippen molar-refractivity contribution in [3.63, 3.8) is 0 Å². The highest BCUT2D eigenvalue weighted by atomic mass is 16.4. The zero-order valence-corrected chi connectivity index (χ0v) is 10.2. The molecular formula is C13H17N3O2. The van der Waals surface area contributed by atoms with Gasteiger partial charge in [-0.15, -0.1) is 0 Å². The fourth-order valence-electron chi connectivity index (χ4n) is 2.06. The standard InChI is InChI=1S/C13H17N3O2/c17-12(18)11-5-14-13(15-6-11)16(7-9-1-2-9)8-10-3-4-10/h5-6,9-10H,1-4,7-8H2,(H,17,18). The van der Waals surface area contributed by atoms with Crippen LogP contribution in [0.25, 0.3) is 0 Å². The Balaban J connectivity index is 1.72. The molecule has 1 N–H and O–H groups in total. The van der Waals surface area contributed by atoms with Gasteiger partial charge in [0, 0.05) is 25.5 Å². The van der Waals surface area contributed by atoms with E-state index in [-0.39, 0.29) is 5.56 Å². The minimum atomic E-state index is -0.975. The van der Waals surface area contributed by atoms with Crippen LogP contribution < -0.4 is 4.90 Å². The van der Waals surface area contributed by atoms with Crippen molar-refractivity contribution in [2.24, 2.45) is 11.8 Å². The number of aromatic nitrogens is 2. The molecule has 0 saturated heterocycles. The SMILES string of the molecule is O=C(O)c1cnc(N(CC2CC2)CC2CC2)nc1. The summed E-state index contributed by atoms with van der Waals surface area (Å²) >= 11 is 0. The lowest BCUT2D eigenvalue weighted by molar-refractivity contribution is 0.0696. The first-order valence-electron chi connectivity index (χ1n) is 6.52. The quantitative estimate of drug-likeness (QED) is 0.830. The Morgan fingerprint density at radius 2 is 1.67 bits per heavy atom. The van der Waals surface area contributed by atoms with Crippen molar-refractivity contribution < 1.29 is 9.90 Å². The number of hydrogen-bond donors (Lipinski definition) is 1. The van der Waals surface area contributed by atoms with Crippen molar-refractivity contribution in [2.45, 2.75) is 25.7 Å². The Morgan fingerprint density at radius 3 is 2.06 bits per heavy atom. The molecule has 5 nitrogen and oxygen atoms in total. The predicted molar refractivity (Wildman–Crippen MR) is 66.7 cm³/mol. The third-order valence-electron chi connectivity index (χ3n) is 3.52. The highest BCUT2D eigenvalue weighted by molar-refractivity contribution is 5.86. The molecule has 0 radical (unpaired) electrons. The first-order chi connectivity index (χ1) is 8.72. The molecule has 1 heterocycles. The zero-order chi connectivity index (χ0) is 12.5. The molecule has 2 aliphatic carbocycles. The highest BCUT2D eigenvalue weighted by Gasteiger charge is 2.30. The largest absolute Gasteiger partial charge is 0.478 e. The number of anilines is 1. The van der Waals surface area contributed by atoms with Gasteiger partial charge in [-0.3, -0.25) is 0 Å². The van der Waals surface area contributed by atoms with Crippen LogP contribution in [0.5, 0.6) is 0 Å². The first-order valence-corrected chi connectivity index (χ1v) is 6.52. The second-order valence-electron chi connectivity index (χ2n) is 5.37. The molecule has 0 unspecified atom stereocenters. The van der Waals surface area contributed by atoms with Crippen LogP contribution in [0.15, 0.2) is 12.4 Å². The maximum atomic E-state index is 10.8. The van der Waals surface area contributed by atoms with E-state index in [0.29, 0.717) is 5.95 Å². The summed E-state index contributed by atoms with van der Waals surface area (Å²) in [6.45, 7) is 2.03. The average molecular weight is 247 g/mol. The van der Waals surface area contributed by atoms with Gasteiger partial charge in [0.1, 0.15) is 0 Å². The van der Waals surface area contributed by atoms with Gasteiger partial charge in [-0.1, -0.05) is 0 Å². The van der Waals surface area contributed by atoms with Crippen LogP contribution in [0.3, 0.4) is 0 Å². The summed E-state index contributed by atoms with van der Waals surface area (Å²) in [6, 6.07) is 0. The molecule has 0 spiro atoms. The summed E-state index contributed by atoms with van der Waals surface area (Å²) < 4.78 is 0. The Morgan fingerprint density at radius 1 is 1.17 bits per heavy atom. The molecule has 18 heavy (non-hydrogen) atoms. The van der Waals surface area contributed by atoms with Crippen LogP contribution in [0.2, 0.25) is 0 Å². The van der Waals surface area contributed by atoms with Gasteiger partial charge in [0.2, 0.25) is 5.95 Å². The molecule has 0 aromatic carbocycles. The van der Waals surface area contributed by atoms with Crippen molar-refractivity contribution in [3.8, 4) is 0 Å². The number of carboxylic acids is 1. The topological polar surface area (TPSA) is 66.3 Å². The number of hydrogen-bond acceptors (Lipinski definition) is 4. The van der Waals surface area contributed by atoms with Crippen LogP contribution in [0.4, 0.5) is 5.95 Å². The minimum absolute atomic E-state index is 0.150. The summed E-state index contributed by atoms with van der Waals surface area (Å²) in [4.78, 5) is 21.4. The van der Waals surface area contributed by atoms with Crippen LogP contribution in [0, 0.1) is 11.8 Å². The lowest BCUT2D eigenvalue weighted by Crippen LogP contribution is -2.29. The minimum Gasteiger partial charge on any atom is -0.478 e. The van der Waals surface area contributed by atoms with Crippen LogP contribution in [0.1, 0.15) is 36.0 Å². The summed E-state index contributed by atoms with van der Waals surface area (Å²) in [5, 5.41) is 8.83. The Bertz CT molecular complexity index is 424. The summed E-state index contributed by atoms with van der Waals surface area (Å²) in [6.07, 6.45) is 8.00.